The highest BCUT2D eigenvalue weighted by Gasteiger charge is 2.17. The summed E-state index contributed by atoms with van der Waals surface area (Å²) >= 11 is 1.73. The van der Waals surface area contributed by atoms with Crippen LogP contribution < -0.4 is 5.32 Å². The Hall–Kier alpha value is -2.92. The van der Waals surface area contributed by atoms with Crippen molar-refractivity contribution in [3.63, 3.8) is 0 Å². The standard InChI is InChI=1S/C21H17N3OS/c25-20(10-7-13-5-6-13)22-15-8-9-17-16(12-15)21(24-23-17)19-11-14-3-1-2-4-18(14)26-19/h1-4,7-13H,5-6H2,(H,22,25)(H,23,24). The van der Waals surface area contributed by atoms with E-state index in [1.165, 1.54) is 22.9 Å². The first-order valence-corrected chi connectivity index (χ1v) is 9.54. The number of hydrogen-bond donors (Lipinski definition) is 2. The number of nitrogens with one attached hydrogen (secondary N) is 2. The van der Waals surface area contributed by atoms with Gasteiger partial charge in [-0.25, -0.2) is 0 Å². The predicted octanol–water partition coefficient (Wildman–Crippen LogP) is 5.35. The highest BCUT2D eigenvalue weighted by atomic mass is 32.1. The van der Waals surface area contributed by atoms with E-state index in [4.69, 9.17) is 0 Å². The van der Waals surface area contributed by atoms with Crippen LogP contribution in [0.25, 0.3) is 31.6 Å². The summed E-state index contributed by atoms with van der Waals surface area (Å²) in [6.45, 7) is 0. The molecule has 5 rings (SSSR count). The minimum atomic E-state index is -0.0804. The molecule has 2 aromatic carbocycles. The first kappa shape index (κ1) is 15.3. The molecule has 0 atom stereocenters. The fraction of sp³-hybridized carbons (Fsp3) is 0.143. The summed E-state index contributed by atoms with van der Waals surface area (Å²) in [7, 11) is 0. The number of carbonyl (C=O) groups is 1. The monoisotopic (exact) mass is 359 g/mol. The number of amides is 1. The van der Waals surface area contributed by atoms with Crippen molar-refractivity contribution in [2.75, 3.05) is 5.32 Å². The van der Waals surface area contributed by atoms with Crippen LogP contribution in [0.15, 0.2) is 60.7 Å². The Balaban J connectivity index is 1.49. The minimum Gasteiger partial charge on any atom is -0.322 e. The Labute approximate surface area is 154 Å². The Morgan fingerprint density at radius 2 is 2.08 bits per heavy atom. The zero-order valence-corrected chi connectivity index (χ0v) is 14.8. The van der Waals surface area contributed by atoms with E-state index in [9.17, 15) is 4.79 Å². The van der Waals surface area contributed by atoms with Gasteiger partial charge in [0.05, 0.1) is 10.4 Å². The molecule has 2 aromatic heterocycles. The number of allylic oxidation sites excluding steroid dienone is 1. The number of aromatic amines is 1. The maximum Gasteiger partial charge on any atom is 0.248 e. The number of thiophene rings is 1. The highest BCUT2D eigenvalue weighted by molar-refractivity contribution is 7.22. The molecule has 4 nitrogen and oxygen atoms in total. The number of benzene rings is 2. The molecule has 5 heteroatoms. The molecule has 0 spiro atoms. The van der Waals surface area contributed by atoms with Gasteiger partial charge in [-0.05, 0) is 60.6 Å². The van der Waals surface area contributed by atoms with Crippen molar-refractivity contribution in [2.45, 2.75) is 12.8 Å². The van der Waals surface area contributed by atoms with E-state index in [1.54, 1.807) is 17.4 Å². The topological polar surface area (TPSA) is 57.8 Å². The van der Waals surface area contributed by atoms with Crippen LogP contribution in [0, 0.1) is 5.92 Å². The van der Waals surface area contributed by atoms with Crippen molar-refractivity contribution in [1.82, 2.24) is 10.2 Å². The number of carbonyl (C=O) groups excluding carboxylic acids is 1. The number of anilines is 1. The van der Waals surface area contributed by atoms with Gasteiger partial charge in [-0.3, -0.25) is 9.89 Å². The zero-order valence-electron chi connectivity index (χ0n) is 14.0. The van der Waals surface area contributed by atoms with Crippen LogP contribution in [-0.4, -0.2) is 16.1 Å². The van der Waals surface area contributed by atoms with Gasteiger partial charge in [0.25, 0.3) is 0 Å². The van der Waals surface area contributed by atoms with Crippen LogP contribution in [0.5, 0.6) is 0 Å². The lowest BCUT2D eigenvalue weighted by Crippen LogP contribution is -2.07. The van der Waals surface area contributed by atoms with Gasteiger partial charge < -0.3 is 5.32 Å². The van der Waals surface area contributed by atoms with Crippen molar-refractivity contribution in [1.29, 1.82) is 0 Å². The normalized spacial score (nSPS) is 14.5. The molecule has 1 fully saturated rings. The number of nitrogens with zero attached hydrogens (tertiary/aromatic N) is 1. The van der Waals surface area contributed by atoms with Gasteiger partial charge in [0.1, 0.15) is 5.69 Å². The van der Waals surface area contributed by atoms with E-state index in [1.807, 2.05) is 36.4 Å². The molecule has 4 aromatic rings. The number of rotatable bonds is 4. The molecule has 1 aliphatic carbocycles. The molecule has 0 radical (unpaired) electrons. The summed E-state index contributed by atoms with van der Waals surface area (Å²) in [5, 5.41) is 12.8. The molecule has 1 saturated carbocycles. The lowest BCUT2D eigenvalue weighted by Gasteiger charge is -2.02. The molecule has 0 saturated heterocycles. The first-order valence-electron chi connectivity index (χ1n) is 8.72. The van der Waals surface area contributed by atoms with Crippen LogP contribution in [-0.2, 0) is 4.79 Å². The van der Waals surface area contributed by atoms with Gasteiger partial charge in [-0.1, -0.05) is 24.3 Å². The Morgan fingerprint density at radius 3 is 2.92 bits per heavy atom. The summed E-state index contributed by atoms with van der Waals surface area (Å²) < 4.78 is 1.24. The quantitative estimate of drug-likeness (QED) is 0.483. The molecule has 1 aliphatic rings. The van der Waals surface area contributed by atoms with Crippen molar-refractivity contribution in [2.24, 2.45) is 5.92 Å². The average Bonchev–Trinajstić information content (AvgIpc) is 3.23. The lowest BCUT2D eigenvalue weighted by atomic mass is 10.1. The van der Waals surface area contributed by atoms with E-state index < -0.39 is 0 Å². The van der Waals surface area contributed by atoms with Gasteiger partial charge >= 0.3 is 0 Å². The van der Waals surface area contributed by atoms with Gasteiger partial charge in [0.2, 0.25) is 5.91 Å². The summed E-state index contributed by atoms with van der Waals surface area (Å²) in [5.74, 6) is 0.514. The van der Waals surface area contributed by atoms with Crippen LogP contribution >= 0.6 is 11.3 Å². The number of fused-ring (bicyclic) bond motifs is 2. The van der Waals surface area contributed by atoms with Crippen molar-refractivity contribution >= 4 is 43.9 Å². The van der Waals surface area contributed by atoms with Crippen molar-refractivity contribution in [3.05, 3.63) is 60.7 Å². The molecule has 26 heavy (non-hydrogen) atoms. The molecule has 128 valence electrons. The molecule has 2 N–H and O–H groups in total. The Kier molecular flexibility index (Phi) is 3.60. The average molecular weight is 359 g/mol. The molecule has 2 heterocycles. The fourth-order valence-corrected chi connectivity index (χ4v) is 4.14. The second kappa shape index (κ2) is 6.11. The Bertz CT molecular complexity index is 1120. The smallest absolute Gasteiger partial charge is 0.248 e. The number of H-pyrrole nitrogens is 1. The van der Waals surface area contributed by atoms with E-state index in [-0.39, 0.29) is 5.91 Å². The van der Waals surface area contributed by atoms with E-state index in [2.05, 4.69) is 33.7 Å². The van der Waals surface area contributed by atoms with Gasteiger partial charge in [0.15, 0.2) is 0 Å². The third-order valence-electron chi connectivity index (χ3n) is 4.63. The van der Waals surface area contributed by atoms with E-state index in [0.717, 1.165) is 27.2 Å². The first-order chi connectivity index (χ1) is 12.8. The summed E-state index contributed by atoms with van der Waals surface area (Å²) in [5.41, 5.74) is 2.67. The number of hydrogen-bond acceptors (Lipinski definition) is 3. The van der Waals surface area contributed by atoms with E-state index >= 15 is 0 Å². The molecule has 0 unspecified atom stereocenters. The van der Waals surface area contributed by atoms with Crippen LogP contribution in [0.2, 0.25) is 0 Å². The maximum atomic E-state index is 12.1. The summed E-state index contributed by atoms with van der Waals surface area (Å²) in [6, 6.07) is 16.3. The van der Waals surface area contributed by atoms with Gasteiger partial charge in [-0.2, -0.15) is 5.10 Å². The summed E-state index contributed by atoms with van der Waals surface area (Å²) in [6.07, 6.45) is 6.03. The van der Waals surface area contributed by atoms with Gasteiger partial charge in [-0.15, -0.1) is 11.3 Å². The lowest BCUT2D eigenvalue weighted by molar-refractivity contribution is -0.111. The maximum absolute atomic E-state index is 12.1. The molecule has 1 amide bonds. The van der Waals surface area contributed by atoms with Crippen molar-refractivity contribution < 1.29 is 4.79 Å². The summed E-state index contributed by atoms with van der Waals surface area (Å²) in [4.78, 5) is 13.2. The molecule has 0 bridgehead atoms. The third kappa shape index (κ3) is 2.91. The van der Waals surface area contributed by atoms with E-state index in [0.29, 0.717) is 5.92 Å². The predicted molar refractivity (Wildman–Crippen MR) is 107 cm³/mol. The SMILES string of the molecule is O=C(C=CC1CC1)Nc1ccc2[nH]nc(-c3cc4ccccc4s3)c2c1. The Morgan fingerprint density at radius 1 is 1.19 bits per heavy atom. The minimum absolute atomic E-state index is 0.0804. The molecule has 0 aliphatic heterocycles. The van der Waals surface area contributed by atoms with Crippen LogP contribution in [0.4, 0.5) is 5.69 Å². The zero-order chi connectivity index (χ0) is 17.5. The van der Waals surface area contributed by atoms with Gasteiger partial charge in [0, 0.05) is 15.8 Å². The number of aromatic nitrogens is 2. The second-order valence-electron chi connectivity index (χ2n) is 6.67. The van der Waals surface area contributed by atoms with Crippen LogP contribution in [0.3, 0.4) is 0 Å². The van der Waals surface area contributed by atoms with Crippen molar-refractivity contribution in [3.8, 4) is 10.6 Å². The molecular weight excluding hydrogens is 342 g/mol. The fourth-order valence-electron chi connectivity index (χ4n) is 3.07. The largest absolute Gasteiger partial charge is 0.322 e. The highest BCUT2D eigenvalue weighted by Crippen LogP contribution is 2.36. The third-order valence-corrected chi connectivity index (χ3v) is 5.75. The second-order valence-corrected chi connectivity index (χ2v) is 7.75. The van der Waals surface area contributed by atoms with Crippen LogP contribution in [0.1, 0.15) is 12.8 Å². The molecular formula is C21H17N3OS.